The summed E-state index contributed by atoms with van der Waals surface area (Å²) in [6, 6.07) is 15.1. The molecule has 198 valence electrons. The molecule has 2 fully saturated rings. The Morgan fingerprint density at radius 2 is 1.45 bits per heavy atom. The van der Waals surface area contributed by atoms with Crippen LogP contribution in [0.25, 0.3) is 17.0 Å². The van der Waals surface area contributed by atoms with Gasteiger partial charge in [-0.05, 0) is 31.2 Å². The molecule has 2 aromatic carbocycles. The van der Waals surface area contributed by atoms with E-state index in [9.17, 15) is 8.78 Å². The molecule has 11 heteroatoms. The van der Waals surface area contributed by atoms with Crippen LogP contribution < -0.4 is 14.5 Å². The zero-order valence-electron chi connectivity index (χ0n) is 21.1. The van der Waals surface area contributed by atoms with E-state index in [1.807, 2.05) is 36.1 Å². The first kappa shape index (κ1) is 24.5. The monoisotopic (exact) mass is 521 g/mol. The van der Waals surface area contributed by atoms with Crippen molar-refractivity contribution in [2.75, 3.05) is 49.2 Å². The number of ether oxygens (including phenoxy) is 2. The van der Waals surface area contributed by atoms with Crippen LogP contribution in [0.4, 0.5) is 20.7 Å². The number of hydrogen-bond acceptors (Lipinski definition) is 8. The van der Waals surface area contributed by atoms with Gasteiger partial charge in [0, 0.05) is 39.0 Å². The summed E-state index contributed by atoms with van der Waals surface area (Å²) in [5, 5.41) is 0. The Bertz CT molecular complexity index is 1400. The van der Waals surface area contributed by atoms with E-state index in [0.717, 1.165) is 18.6 Å². The van der Waals surface area contributed by atoms with E-state index >= 15 is 0 Å². The lowest BCUT2D eigenvalue weighted by molar-refractivity contribution is 0.122. The van der Waals surface area contributed by atoms with Gasteiger partial charge in [-0.25, -0.2) is 13.8 Å². The molecule has 0 amide bonds. The van der Waals surface area contributed by atoms with Crippen LogP contribution in [0.5, 0.6) is 5.75 Å². The van der Waals surface area contributed by atoms with Gasteiger partial charge in [0.2, 0.25) is 17.8 Å². The van der Waals surface area contributed by atoms with E-state index in [0.29, 0.717) is 62.3 Å². The standard InChI is InChI=1S/C27H29F2N7O2/c1-18-6-8-19(9-7-18)38-20-10-12-34(13-11-20)25-31-26(35-14-16-37-17-15-35)33-27(32-25)36-22-5-3-2-4-21(22)30-24(36)23(28)29/h2-9,20,23H,10-17H2,1H3. The summed E-state index contributed by atoms with van der Waals surface area (Å²) in [6.45, 7) is 5.73. The molecule has 0 radical (unpaired) electrons. The Morgan fingerprint density at radius 1 is 0.816 bits per heavy atom. The van der Waals surface area contributed by atoms with Crippen LogP contribution in [0.15, 0.2) is 48.5 Å². The highest BCUT2D eigenvalue weighted by atomic mass is 19.3. The van der Waals surface area contributed by atoms with E-state index in [1.54, 1.807) is 24.3 Å². The largest absolute Gasteiger partial charge is 0.490 e. The molecule has 0 spiro atoms. The Kier molecular flexibility index (Phi) is 6.75. The van der Waals surface area contributed by atoms with Crippen molar-refractivity contribution in [2.24, 2.45) is 0 Å². The number of halogens is 2. The molecule has 2 saturated heterocycles. The number of benzene rings is 2. The molecule has 2 aliphatic rings. The van der Waals surface area contributed by atoms with Crippen molar-refractivity contribution in [1.29, 1.82) is 0 Å². The molecule has 6 rings (SSSR count). The SMILES string of the molecule is Cc1ccc(OC2CCN(c3nc(N4CCOCC4)nc(-n4c(C(F)F)nc5ccccc54)n3)CC2)cc1. The van der Waals surface area contributed by atoms with Crippen molar-refractivity contribution in [3.8, 4) is 11.7 Å². The van der Waals surface area contributed by atoms with Crippen LogP contribution in [0.3, 0.4) is 0 Å². The van der Waals surface area contributed by atoms with Gasteiger partial charge in [0.1, 0.15) is 11.9 Å². The van der Waals surface area contributed by atoms with Gasteiger partial charge in [-0.15, -0.1) is 0 Å². The Morgan fingerprint density at radius 3 is 2.13 bits per heavy atom. The number of piperidine rings is 1. The number of imidazole rings is 1. The number of aromatic nitrogens is 5. The number of fused-ring (bicyclic) bond motifs is 1. The number of rotatable bonds is 6. The molecule has 4 aromatic rings. The van der Waals surface area contributed by atoms with Crippen LogP contribution >= 0.6 is 0 Å². The van der Waals surface area contributed by atoms with E-state index in [1.165, 1.54) is 10.1 Å². The first-order chi connectivity index (χ1) is 18.5. The first-order valence-electron chi connectivity index (χ1n) is 12.9. The first-order valence-corrected chi connectivity index (χ1v) is 12.9. The summed E-state index contributed by atoms with van der Waals surface area (Å²) in [7, 11) is 0. The average molecular weight is 522 g/mol. The summed E-state index contributed by atoms with van der Waals surface area (Å²) < 4.78 is 41.2. The van der Waals surface area contributed by atoms with Gasteiger partial charge < -0.3 is 19.3 Å². The number of anilines is 2. The molecule has 2 aromatic heterocycles. The zero-order valence-corrected chi connectivity index (χ0v) is 21.1. The molecule has 0 unspecified atom stereocenters. The van der Waals surface area contributed by atoms with Crippen LogP contribution in [0, 0.1) is 6.92 Å². The minimum Gasteiger partial charge on any atom is -0.490 e. The number of morpholine rings is 1. The van der Waals surface area contributed by atoms with Crippen molar-refractivity contribution in [3.63, 3.8) is 0 Å². The Hall–Kier alpha value is -3.86. The maximum Gasteiger partial charge on any atom is 0.296 e. The van der Waals surface area contributed by atoms with Crippen LogP contribution in [0.2, 0.25) is 0 Å². The van der Waals surface area contributed by atoms with Gasteiger partial charge in [0.15, 0.2) is 5.82 Å². The van der Waals surface area contributed by atoms with Crippen molar-refractivity contribution < 1.29 is 18.3 Å². The number of hydrogen-bond donors (Lipinski definition) is 0. The summed E-state index contributed by atoms with van der Waals surface area (Å²) in [5.74, 6) is 1.52. The number of para-hydroxylation sites is 2. The van der Waals surface area contributed by atoms with Crippen molar-refractivity contribution in [1.82, 2.24) is 24.5 Å². The fourth-order valence-corrected chi connectivity index (χ4v) is 4.87. The van der Waals surface area contributed by atoms with Gasteiger partial charge in [-0.3, -0.25) is 4.57 Å². The lowest BCUT2D eigenvalue weighted by atomic mass is 10.1. The molecule has 0 saturated carbocycles. The summed E-state index contributed by atoms with van der Waals surface area (Å²) in [6.07, 6.45) is -1.13. The van der Waals surface area contributed by atoms with E-state index in [-0.39, 0.29) is 17.9 Å². The minimum absolute atomic E-state index is 0.0806. The Labute approximate surface area is 219 Å². The molecule has 0 aliphatic carbocycles. The van der Waals surface area contributed by atoms with Crippen molar-refractivity contribution >= 4 is 22.9 Å². The smallest absolute Gasteiger partial charge is 0.296 e. The number of aryl methyl sites for hydroxylation is 1. The Balaban J connectivity index is 1.32. The molecule has 0 bridgehead atoms. The van der Waals surface area contributed by atoms with E-state index in [4.69, 9.17) is 19.4 Å². The lowest BCUT2D eigenvalue weighted by Gasteiger charge is -2.33. The van der Waals surface area contributed by atoms with Crippen molar-refractivity contribution in [2.45, 2.75) is 32.3 Å². The average Bonchev–Trinajstić information content (AvgIpc) is 3.35. The third kappa shape index (κ3) is 4.98. The predicted octanol–water partition coefficient (Wildman–Crippen LogP) is 4.34. The number of nitrogens with zero attached hydrogens (tertiary/aromatic N) is 7. The molecular formula is C27H29F2N7O2. The van der Waals surface area contributed by atoms with Gasteiger partial charge >= 0.3 is 0 Å². The second kappa shape index (κ2) is 10.5. The summed E-state index contributed by atoms with van der Waals surface area (Å²) in [4.78, 5) is 22.4. The highest BCUT2D eigenvalue weighted by molar-refractivity contribution is 5.77. The maximum absolute atomic E-state index is 14.1. The number of alkyl halides is 2. The van der Waals surface area contributed by atoms with E-state index in [2.05, 4.69) is 14.9 Å². The van der Waals surface area contributed by atoms with Gasteiger partial charge in [0.05, 0.1) is 24.2 Å². The second-order valence-corrected chi connectivity index (χ2v) is 9.55. The molecule has 0 atom stereocenters. The normalized spacial score (nSPS) is 16.9. The van der Waals surface area contributed by atoms with Crippen LogP contribution in [0.1, 0.15) is 30.7 Å². The molecular weight excluding hydrogens is 492 g/mol. The van der Waals surface area contributed by atoms with Crippen LogP contribution in [-0.2, 0) is 4.74 Å². The zero-order chi connectivity index (χ0) is 26.1. The maximum atomic E-state index is 14.1. The fourth-order valence-electron chi connectivity index (χ4n) is 4.87. The predicted molar refractivity (Wildman–Crippen MR) is 139 cm³/mol. The molecule has 2 aliphatic heterocycles. The topological polar surface area (TPSA) is 81.4 Å². The summed E-state index contributed by atoms with van der Waals surface area (Å²) >= 11 is 0. The summed E-state index contributed by atoms with van der Waals surface area (Å²) in [5.41, 5.74) is 2.18. The fraction of sp³-hybridized carbons (Fsp3) is 0.407. The minimum atomic E-state index is -2.79. The highest BCUT2D eigenvalue weighted by Crippen LogP contribution is 2.29. The highest BCUT2D eigenvalue weighted by Gasteiger charge is 2.27. The van der Waals surface area contributed by atoms with Crippen LogP contribution in [-0.4, -0.2) is 70.0 Å². The molecule has 38 heavy (non-hydrogen) atoms. The molecule has 9 nitrogen and oxygen atoms in total. The van der Waals surface area contributed by atoms with Crippen molar-refractivity contribution in [3.05, 3.63) is 59.9 Å². The van der Waals surface area contributed by atoms with Gasteiger partial charge in [-0.1, -0.05) is 29.8 Å². The van der Waals surface area contributed by atoms with Gasteiger partial charge in [0.25, 0.3) is 6.43 Å². The van der Waals surface area contributed by atoms with E-state index < -0.39 is 6.43 Å². The third-order valence-corrected chi connectivity index (χ3v) is 6.92. The quantitative estimate of drug-likeness (QED) is 0.371. The lowest BCUT2D eigenvalue weighted by Crippen LogP contribution is -2.41. The van der Waals surface area contributed by atoms with Gasteiger partial charge in [-0.2, -0.15) is 15.0 Å². The second-order valence-electron chi connectivity index (χ2n) is 9.55. The third-order valence-electron chi connectivity index (χ3n) is 6.92. The molecule has 4 heterocycles. The molecule has 0 N–H and O–H groups in total.